The van der Waals surface area contributed by atoms with Gasteiger partial charge in [-0.05, 0) is 38.5 Å². The molecule has 1 aromatic heterocycles. The van der Waals surface area contributed by atoms with E-state index in [4.69, 9.17) is 18.9 Å². The first kappa shape index (κ1) is 25.8. The van der Waals surface area contributed by atoms with Gasteiger partial charge in [0, 0.05) is 16.5 Å². The predicted octanol–water partition coefficient (Wildman–Crippen LogP) is 5.02. The minimum absolute atomic E-state index is 0.176. The highest BCUT2D eigenvalue weighted by Gasteiger charge is 2.26. The van der Waals surface area contributed by atoms with E-state index in [-0.39, 0.29) is 17.7 Å². The number of hydrogen-bond donors (Lipinski definition) is 1. The van der Waals surface area contributed by atoms with Gasteiger partial charge in [-0.25, -0.2) is 9.59 Å². The van der Waals surface area contributed by atoms with Gasteiger partial charge in [0.1, 0.15) is 22.1 Å². The number of nitrogens with one attached hydrogen (secondary N) is 1. The van der Waals surface area contributed by atoms with Gasteiger partial charge in [-0.15, -0.1) is 11.3 Å². The maximum absolute atomic E-state index is 12.8. The number of benzene rings is 2. The average Bonchev–Trinajstić information content (AvgIpc) is 3.18. The normalized spacial score (nSPS) is 10.4. The van der Waals surface area contributed by atoms with E-state index < -0.39 is 24.5 Å². The van der Waals surface area contributed by atoms with Gasteiger partial charge >= 0.3 is 11.9 Å². The molecule has 1 heterocycles. The van der Waals surface area contributed by atoms with Crippen LogP contribution in [-0.2, 0) is 14.3 Å². The van der Waals surface area contributed by atoms with Crippen molar-refractivity contribution in [3.8, 4) is 22.6 Å². The van der Waals surface area contributed by atoms with Gasteiger partial charge in [0.25, 0.3) is 5.91 Å². The second kappa shape index (κ2) is 11.5. The van der Waals surface area contributed by atoms with Crippen LogP contribution >= 0.6 is 11.3 Å². The molecular formula is C26H27NO7S. The van der Waals surface area contributed by atoms with Crippen molar-refractivity contribution in [3.63, 3.8) is 0 Å². The molecule has 0 saturated carbocycles. The van der Waals surface area contributed by atoms with Crippen LogP contribution in [0.2, 0.25) is 0 Å². The lowest BCUT2D eigenvalue weighted by Crippen LogP contribution is -2.21. The third-order valence-corrected chi connectivity index (χ3v) is 6.10. The van der Waals surface area contributed by atoms with Crippen molar-refractivity contribution in [2.45, 2.75) is 20.8 Å². The molecule has 1 amide bonds. The number of anilines is 1. The van der Waals surface area contributed by atoms with E-state index in [1.165, 1.54) is 37.7 Å². The number of rotatable bonds is 9. The van der Waals surface area contributed by atoms with Crippen LogP contribution < -0.4 is 14.8 Å². The Morgan fingerprint density at radius 2 is 1.51 bits per heavy atom. The molecule has 0 aliphatic carbocycles. The fraction of sp³-hybridized carbons (Fsp3) is 0.269. The van der Waals surface area contributed by atoms with Crippen molar-refractivity contribution in [1.82, 2.24) is 0 Å². The lowest BCUT2D eigenvalue weighted by molar-refractivity contribution is -0.119. The molecule has 3 aromatic rings. The first-order valence-electron chi connectivity index (χ1n) is 10.8. The van der Waals surface area contributed by atoms with Crippen LogP contribution in [0.3, 0.4) is 0 Å². The molecule has 0 bridgehead atoms. The summed E-state index contributed by atoms with van der Waals surface area (Å²) in [6.07, 6.45) is 0. The number of hydrogen-bond acceptors (Lipinski definition) is 8. The minimum Gasteiger partial charge on any atom is -0.497 e. The molecule has 0 unspecified atom stereocenters. The Bertz CT molecular complexity index is 1210. The van der Waals surface area contributed by atoms with Crippen molar-refractivity contribution in [3.05, 3.63) is 64.0 Å². The van der Waals surface area contributed by atoms with Gasteiger partial charge in [0.2, 0.25) is 0 Å². The second-order valence-electron chi connectivity index (χ2n) is 7.55. The van der Waals surface area contributed by atoms with Crippen molar-refractivity contribution in [1.29, 1.82) is 0 Å². The van der Waals surface area contributed by atoms with Crippen molar-refractivity contribution in [2.75, 3.05) is 32.8 Å². The van der Waals surface area contributed by atoms with E-state index in [1.54, 1.807) is 13.0 Å². The monoisotopic (exact) mass is 497 g/mol. The van der Waals surface area contributed by atoms with Crippen LogP contribution in [0.25, 0.3) is 11.1 Å². The standard InChI is InChI=1S/C26H27NO7S/c1-6-33-26(30)23-22(17-9-7-15(2)8-10-17)16(3)35-24(23)27-21(28)14-34-25(29)18-11-19(31-4)13-20(12-18)32-5/h7-13H,6,14H2,1-5H3,(H,27,28). The van der Waals surface area contributed by atoms with E-state index >= 15 is 0 Å². The molecule has 0 aliphatic rings. The average molecular weight is 498 g/mol. The molecule has 3 rings (SSSR count). The van der Waals surface area contributed by atoms with Crippen LogP contribution in [-0.4, -0.2) is 45.3 Å². The lowest BCUT2D eigenvalue weighted by Gasteiger charge is -2.10. The number of carbonyl (C=O) groups excluding carboxylic acids is 3. The molecule has 0 fully saturated rings. The summed E-state index contributed by atoms with van der Waals surface area (Å²) in [7, 11) is 2.93. The Labute approximate surface area is 207 Å². The molecule has 2 aromatic carbocycles. The van der Waals surface area contributed by atoms with Gasteiger partial charge in [0.15, 0.2) is 6.61 Å². The summed E-state index contributed by atoms with van der Waals surface area (Å²) in [6, 6.07) is 12.3. The molecule has 0 atom stereocenters. The zero-order valence-electron chi connectivity index (χ0n) is 20.2. The fourth-order valence-corrected chi connectivity index (χ4v) is 4.48. The quantitative estimate of drug-likeness (QED) is 0.414. The summed E-state index contributed by atoms with van der Waals surface area (Å²) in [5, 5.41) is 3.03. The summed E-state index contributed by atoms with van der Waals surface area (Å²) in [5.74, 6) is -1.01. The van der Waals surface area contributed by atoms with Crippen LogP contribution in [0.1, 0.15) is 38.1 Å². The minimum atomic E-state index is -0.717. The summed E-state index contributed by atoms with van der Waals surface area (Å²) < 4.78 is 20.7. The molecule has 0 saturated heterocycles. The Balaban J connectivity index is 1.80. The highest BCUT2D eigenvalue weighted by atomic mass is 32.1. The zero-order valence-corrected chi connectivity index (χ0v) is 21.0. The molecule has 9 heteroatoms. The Kier molecular flexibility index (Phi) is 8.48. The molecular weight excluding hydrogens is 470 g/mol. The molecule has 0 spiro atoms. The summed E-state index contributed by atoms with van der Waals surface area (Å²) in [5.41, 5.74) is 3.07. The number of carbonyl (C=O) groups is 3. The number of aryl methyl sites for hydroxylation is 2. The highest BCUT2D eigenvalue weighted by Crippen LogP contribution is 2.40. The van der Waals surface area contributed by atoms with Crippen LogP contribution in [0.5, 0.6) is 11.5 Å². The molecule has 35 heavy (non-hydrogen) atoms. The van der Waals surface area contributed by atoms with Crippen molar-refractivity contribution < 1.29 is 33.3 Å². The third-order valence-electron chi connectivity index (χ3n) is 5.08. The Morgan fingerprint density at radius 1 is 0.886 bits per heavy atom. The van der Waals surface area contributed by atoms with Gasteiger partial charge in [0.05, 0.1) is 26.4 Å². The molecule has 1 N–H and O–H groups in total. The number of ether oxygens (including phenoxy) is 4. The molecule has 0 radical (unpaired) electrons. The van der Waals surface area contributed by atoms with Gasteiger partial charge in [-0.2, -0.15) is 0 Å². The number of thiophene rings is 1. The number of methoxy groups -OCH3 is 2. The van der Waals surface area contributed by atoms with Gasteiger partial charge in [-0.3, -0.25) is 4.79 Å². The van der Waals surface area contributed by atoms with Crippen molar-refractivity contribution >= 4 is 34.2 Å². The van der Waals surface area contributed by atoms with Crippen LogP contribution in [0, 0.1) is 13.8 Å². The van der Waals surface area contributed by atoms with E-state index in [0.717, 1.165) is 16.0 Å². The predicted molar refractivity (Wildman–Crippen MR) is 134 cm³/mol. The lowest BCUT2D eigenvalue weighted by atomic mass is 10.0. The number of esters is 2. The molecule has 184 valence electrons. The van der Waals surface area contributed by atoms with Crippen molar-refractivity contribution in [2.24, 2.45) is 0 Å². The first-order valence-corrected chi connectivity index (χ1v) is 11.7. The summed E-state index contributed by atoms with van der Waals surface area (Å²) >= 11 is 1.26. The topological polar surface area (TPSA) is 100 Å². The third kappa shape index (κ3) is 6.19. The number of amides is 1. The highest BCUT2D eigenvalue weighted by molar-refractivity contribution is 7.17. The van der Waals surface area contributed by atoms with Gasteiger partial charge in [-0.1, -0.05) is 29.8 Å². The molecule has 8 nitrogen and oxygen atoms in total. The summed E-state index contributed by atoms with van der Waals surface area (Å²) in [4.78, 5) is 38.8. The SMILES string of the molecule is CCOC(=O)c1c(NC(=O)COC(=O)c2cc(OC)cc(OC)c2)sc(C)c1-c1ccc(C)cc1. The second-order valence-corrected chi connectivity index (χ2v) is 8.77. The Morgan fingerprint density at radius 3 is 2.09 bits per heavy atom. The van der Waals surface area contributed by atoms with Gasteiger partial charge < -0.3 is 24.3 Å². The first-order chi connectivity index (χ1) is 16.8. The van der Waals surface area contributed by atoms with E-state index in [1.807, 2.05) is 38.1 Å². The maximum Gasteiger partial charge on any atom is 0.341 e. The smallest absolute Gasteiger partial charge is 0.341 e. The van der Waals surface area contributed by atoms with Crippen LogP contribution in [0.4, 0.5) is 5.00 Å². The fourth-order valence-electron chi connectivity index (χ4n) is 3.40. The summed E-state index contributed by atoms with van der Waals surface area (Å²) in [6.45, 7) is 5.21. The zero-order chi connectivity index (χ0) is 25.5. The van der Waals surface area contributed by atoms with E-state index in [9.17, 15) is 14.4 Å². The Hall–Kier alpha value is -3.85. The van der Waals surface area contributed by atoms with E-state index in [0.29, 0.717) is 22.1 Å². The maximum atomic E-state index is 12.8. The van der Waals surface area contributed by atoms with Crippen LogP contribution in [0.15, 0.2) is 42.5 Å². The largest absolute Gasteiger partial charge is 0.497 e. The molecule has 0 aliphatic heterocycles. The van der Waals surface area contributed by atoms with E-state index in [2.05, 4.69) is 5.32 Å².